The second kappa shape index (κ2) is 34.7. The summed E-state index contributed by atoms with van der Waals surface area (Å²) in [5, 5.41) is 27.2. The van der Waals surface area contributed by atoms with Gasteiger partial charge in [0.15, 0.2) is 17.5 Å². The summed E-state index contributed by atoms with van der Waals surface area (Å²) in [7, 11) is 2.02. The molecule has 10 aromatic rings. The highest BCUT2D eigenvalue weighted by molar-refractivity contribution is 7.99. The molecule has 464 valence electrons. The van der Waals surface area contributed by atoms with E-state index in [-0.39, 0.29) is 0 Å². The molecule has 0 amide bonds. The van der Waals surface area contributed by atoms with E-state index in [9.17, 15) is 0 Å². The fourth-order valence-corrected chi connectivity index (χ4v) is 11.1. The highest BCUT2D eigenvalue weighted by Crippen LogP contribution is 2.37. The van der Waals surface area contributed by atoms with Crippen molar-refractivity contribution in [2.24, 2.45) is 0 Å². The zero-order valence-electron chi connectivity index (χ0n) is 52.5. The van der Waals surface area contributed by atoms with Crippen LogP contribution in [0.1, 0.15) is 34.6 Å². The highest BCUT2D eigenvalue weighted by Gasteiger charge is 2.27. The molecule has 90 heavy (non-hydrogen) atoms. The largest absolute Gasteiger partial charge is 0.378 e. The Bertz CT molecular complexity index is 3600. The first-order chi connectivity index (χ1) is 44.5. The van der Waals surface area contributed by atoms with Gasteiger partial charge in [0.2, 0.25) is 17.8 Å². The van der Waals surface area contributed by atoms with Crippen LogP contribution >= 0.6 is 11.8 Å². The average Bonchev–Trinajstić information content (AvgIpc) is 1.24. The Hall–Kier alpha value is -9.73. The smallest absolute Gasteiger partial charge is 0.225 e. The van der Waals surface area contributed by atoms with Gasteiger partial charge in [-0.2, -0.15) is 0 Å². The topological polar surface area (TPSA) is 187 Å². The number of hydrogen-bond donors (Lipinski definition) is 0. The second-order valence-corrected chi connectivity index (χ2v) is 21.5. The third kappa shape index (κ3) is 18.0. The number of benzene rings is 4. The first-order valence-electron chi connectivity index (χ1n) is 31.1. The summed E-state index contributed by atoms with van der Waals surface area (Å²) in [6, 6.07) is 54.8. The van der Waals surface area contributed by atoms with Crippen LogP contribution in [-0.4, -0.2) is 166 Å². The van der Waals surface area contributed by atoms with Crippen molar-refractivity contribution in [2.45, 2.75) is 44.4 Å². The number of piperazine rings is 2. The SMILES string of the molecule is CC.CC.CCN(CCN(C)c1ccc(-c2ccccc2)nn1)c1ncccn1.c1ccc(-c2cc(N3CCOCC3)c(N3CCN(c4ncccn4)CC3)nn2)cc1.c1ccc(Sc2cc(N3CCN(c4ncccn4)CC3)nnc2-c2ccccc2)cc1. The van der Waals surface area contributed by atoms with Gasteiger partial charge in [0.05, 0.1) is 30.3 Å². The van der Waals surface area contributed by atoms with E-state index >= 15 is 0 Å². The van der Waals surface area contributed by atoms with Gasteiger partial charge in [0.25, 0.3) is 0 Å². The van der Waals surface area contributed by atoms with Gasteiger partial charge in [-0.25, -0.2) is 29.9 Å². The summed E-state index contributed by atoms with van der Waals surface area (Å²) in [4.78, 5) is 44.1. The van der Waals surface area contributed by atoms with E-state index in [1.807, 2.05) is 138 Å². The van der Waals surface area contributed by atoms with Gasteiger partial charge in [-0.3, -0.25) is 0 Å². The molecule has 21 heteroatoms. The molecule has 0 atom stereocenters. The Labute approximate surface area is 534 Å². The van der Waals surface area contributed by atoms with Crippen LogP contribution in [0.3, 0.4) is 0 Å². The van der Waals surface area contributed by atoms with Gasteiger partial charge in [0.1, 0.15) is 5.69 Å². The summed E-state index contributed by atoms with van der Waals surface area (Å²) < 4.78 is 5.57. The van der Waals surface area contributed by atoms with Crippen molar-refractivity contribution in [3.63, 3.8) is 0 Å². The molecule has 3 fully saturated rings. The molecule has 4 aromatic carbocycles. The number of anilines is 7. The molecule has 0 spiro atoms. The third-order valence-corrected chi connectivity index (χ3v) is 15.9. The van der Waals surface area contributed by atoms with Crippen LogP contribution in [0.4, 0.5) is 41.0 Å². The van der Waals surface area contributed by atoms with Crippen molar-refractivity contribution in [3.8, 4) is 33.8 Å². The predicted molar refractivity (Wildman–Crippen MR) is 365 cm³/mol. The van der Waals surface area contributed by atoms with Gasteiger partial charge in [-0.1, -0.05) is 149 Å². The molecule has 13 rings (SSSR count). The molecule has 0 unspecified atom stereocenters. The molecule has 6 aromatic heterocycles. The molecule has 3 aliphatic heterocycles. The van der Waals surface area contributed by atoms with Crippen LogP contribution in [0.5, 0.6) is 0 Å². The van der Waals surface area contributed by atoms with Gasteiger partial charge in [-0.05, 0) is 61.5 Å². The van der Waals surface area contributed by atoms with Crippen molar-refractivity contribution in [3.05, 3.63) is 201 Å². The summed E-state index contributed by atoms with van der Waals surface area (Å²) in [5.41, 5.74) is 7.06. The van der Waals surface area contributed by atoms with E-state index in [2.05, 4.69) is 157 Å². The van der Waals surface area contributed by atoms with E-state index in [0.717, 1.165) is 178 Å². The lowest BCUT2D eigenvalue weighted by Crippen LogP contribution is -2.48. The zero-order chi connectivity index (χ0) is 62.5. The first-order valence-corrected chi connectivity index (χ1v) is 31.9. The van der Waals surface area contributed by atoms with Crippen LogP contribution in [0.25, 0.3) is 33.8 Å². The van der Waals surface area contributed by atoms with E-state index < -0.39 is 0 Å². The minimum absolute atomic E-state index is 0.738. The Balaban J connectivity index is 0.000000157. The van der Waals surface area contributed by atoms with Crippen LogP contribution in [0.15, 0.2) is 211 Å². The van der Waals surface area contributed by atoms with Crippen molar-refractivity contribution in [1.29, 1.82) is 0 Å². The monoisotopic (exact) mass is 1220 g/mol. The molecule has 9 heterocycles. The number of likely N-dealkylation sites (N-methyl/N-ethyl adjacent to an activating group) is 2. The van der Waals surface area contributed by atoms with E-state index in [4.69, 9.17) is 9.84 Å². The lowest BCUT2D eigenvalue weighted by molar-refractivity contribution is 0.122. The highest BCUT2D eigenvalue weighted by atomic mass is 32.2. The molecular formula is C69H81N19OS. The minimum atomic E-state index is 0.738. The lowest BCUT2D eigenvalue weighted by Gasteiger charge is -2.38. The summed E-state index contributed by atoms with van der Waals surface area (Å²) in [5.74, 6) is 5.04. The number of rotatable bonds is 16. The van der Waals surface area contributed by atoms with Crippen molar-refractivity contribution in [2.75, 3.05) is 140 Å². The third-order valence-electron chi connectivity index (χ3n) is 14.8. The Morgan fingerprint density at radius 1 is 0.433 bits per heavy atom. The van der Waals surface area contributed by atoms with E-state index in [1.165, 1.54) is 4.90 Å². The second-order valence-electron chi connectivity index (χ2n) is 20.3. The van der Waals surface area contributed by atoms with Crippen molar-refractivity contribution < 1.29 is 4.74 Å². The van der Waals surface area contributed by atoms with E-state index in [1.54, 1.807) is 48.9 Å². The van der Waals surface area contributed by atoms with E-state index in [0.29, 0.717) is 0 Å². The van der Waals surface area contributed by atoms with Crippen molar-refractivity contribution in [1.82, 2.24) is 60.5 Å². The van der Waals surface area contributed by atoms with Crippen LogP contribution < -0.4 is 34.3 Å². The molecule has 0 aliphatic carbocycles. The fraction of sp³-hybridized carbons (Fsp3) is 0.304. The Morgan fingerprint density at radius 3 is 1.46 bits per heavy atom. The maximum Gasteiger partial charge on any atom is 0.225 e. The lowest BCUT2D eigenvalue weighted by atomic mass is 10.1. The number of aromatic nitrogens is 12. The molecule has 0 saturated carbocycles. The summed E-state index contributed by atoms with van der Waals surface area (Å²) in [6.07, 6.45) is 10.7. The predicted octanol–water partition coefficient (Wildman–Crippen LogP) is 11.5. The fourth-order valence-electron chi connectivity index (χ4n) is 10.1. The molecule has 0 N–H and O–H groups in total. The van der Waals surface area contributed by atoms with Crippen LogP contribution in [0, 0.1) is 0 Å². The Kier molecular flexibility index (Phi) is 25.0. The zero-order valence-corrected chi connectivity index (χ0v) is 53.3. The quantitative estimate of drug-likeness (QED) is 0.0888. The van der Waals surface area contributed by atoms with Gasteiger partial charge in [0, 0.05) is 156 Å². The standard InChI is InChI=1S/C24H22N6S.C22H25N7O.C19H22N6.2C2H6/c1-3-8-19(9-4-1)23-21(31-20-10-5-2-6-11-20)18-22(27-28-23)29-14-16-30(17-15-29)24-25-12-7-13-26-24;1-2-5-18(6-3-1)19-17-20(27-13-15-30-16-14-27)21(26-25-19)28-9-11-29(12-10-28)22-23-7-4-8-24-22;1-3-25(19-20-12-7-13-21-19)15-14-24(2)18-11-10-17(22-23-18)16-8-5-4-6-9-16;2*1-2/h1-13,18H,14-17H2;1-8,17H,9-16H2;4-13H,3,14-15H2,1-2H3;2*1-2H3. The van der Waals surface area contributed by atoms with Gasteiger partial charge in [-0.15, -0.1) is 30.6 Å². The molecule has 0 radical (unpaired) electrons. The molecule has 0 bridgehead atoms. The molecule has 3 saturated heterocycles. The van der Waals surface area contributed by atoms with Gasteiger partial charge < -0.3 is 39.0 Å². The van der Waals surface area contributed by atoms with Crippen LogP contribution in [-0.2, 0) is 4.74 Å². The van der Waals surface area contributed by atoms with Crippen molar-refractivity contribution >= 4 is 52.7 Å². The number of morpholine rings is 1. The number of nitrogens with zero attached hydrogens (tertiary/aromatic N) is 19. The van der Waals surface area contributed by atoms with Gasteiger partial charge >= 0.3 is 0 Å². The summed E-state index contributed by atoms with van der Waals surface area (Å²) in [6.45, 7) is 22.6. The van der Waals surface area contributed by atoms with Crippen LogP contribution in [0.2, 0.25) is 0 Å². The Morgan fingerprint density at radius 2 is 0.922 bits per heavy atom. The molecule has 3 aliphatic rings. The number of hydrogen-bond acceptors (Lipinski definition) is 21. The normalized spacial score (nSPS) is 13.6. The maximum atomic E-state index is 5.57. The average molecular weight is 1220 g/mol. The number of ether oxygens (including phenoxy) is 1. The molecular weight excluding hydrogens is 1140 g/mol. The first kappa shape index (κ1) is 64.7. The summed E-state index contributed by atoms with van der Waals surface area (Å²) >= 11 is 1.73. The minimum Gasteiger partial charge on any atom is -0.378 e. The molecule has 20 nitrogen and oxygen atoms in total. The maximum absolute atomic E-state index is 5.57.